The van der Waals surface area contributed by atoms with Gasteiger partial charge in [0.25, 0.3) is 5.91 Å². The highest BCUT2D eigenvalue weighted by Gasteiger charge is 2.14. The smallest absolute Gasteiger partial charge is 0.339 e. The van der Waals surface area contributed by atoms with Crippen molar-refractivity contribution in [3.63, 3.8) is 0 Å². The van der Waals surface area contributed by atoms with Gasteiger partial charge < -0.3 is 20.7 Å². The fraction of sp³-hybridized carbons (Fsp3) is 0.174. The lowest BCUT2D eigenvalue weighted by Crippen LogP contribution is -2.21. The van der Waals surface area contributed by atoms with Gasteiger partial charge in [0.1, 0.15) is 7.05 Å². The third kappa shape index (κ3) is 5.82. The highest BCUT2D eigenvalue weighted by molar-refractivity contribution is 9.10. The Bertz CT molecular complexity index is 1090. The Hall–Kier alpha value is -3.39. The van der Waals surface area contributed by atoms with Crippen molar-refractivity contribution >= 4 is 39.7 Å². The molecule has 0 spiro atoms. The number of carbonyl (C=O) groups is 2. The van der Waals surface area contributed by atoms with Crippen LogP contribution in [0.15, 0.2) is 71.2 Å². The zero-order chi connectivity index (χ0) is 22.4. The van der Waals surface area contributed by atoms with Crippen LogP contribution in [0.2, 0.25) is 0 Å². The summed E-state index contributed by atoms with van der Waals surface area (Å²) in [6.07, 6.45) is 7.46. The van der Waals surface area contributed by atoms with Gasteiger partial charge in [-0.1, -0.05) is 30.7 Å². The first kappa shape index (κ1) is 22.3. The van der Waals surface area contributed by atoms with Crippen LogP contribution in [0.25, 0.3) is 5.32 Å². The molecule has 0 saturated heterocycles. The van der Waals surface area contributed by atoms with Crippen LogP contribution in [0.4, 0.5) is 5.69 Å². The Labute approximate surface area is 189 Å². The summed E-state index contributed by atoms with van der Waals surface area (Å²) in [5.74, 6) is -0.749. The number of hydrogen-bond acceptors (Lipinski definition) is 4. The number of ether oxygens (including phenoxy) is 1. The summed E-state index contributed by atoms with van der Waals surface area (Å²) in [5, 5.41) is 10.5. The molecular weight excluding hydrogens is 460 g/mol. The lowest BCUT2D eigenvalue weighted by atomic mass is 10.1. The zero-order valence-corrected chi connectivity index (χ0v) is 19.0. The number of carbonyl (C=O) groups excluding carboxylic acids is 2. The summed E-state index contributed by atoms with van der Waals surface area (Å²) < 4.78 is 7.17. The molecule has 0 aliphatic carbocycles. The second-order valence-electron chi connectivity index (χ2n) is 6.93. The van der Waals surface area contributed by atoms with E-state index in [4.69, 9.17) is 4.74 Å². The average molecular weight is 483 g/mol. The molecule has 1 heterocycles. The predicted molar refractivity (Wildman–Crippen MR) is 124 cm³/mol. The minimum Gasteiger partial charge on any atom is -0.683 e. The van der Waals surface area contributed by atoms with Crippen molar-refractivity contribution in [2.45, 2.75) is 13.0 Å². The molecule has 2 N–H and O–H groups in total. The van der Waals surface area contributed by atoms with Crippen LogP contribution in [0.3, 0.4) is 0 Å². The van der Waals surface area contributed by atoms with Gasteiger partial charge in [0.2, 0.25) is 0 Å². The molecule has 2 aromatic carbocycles. The number of allylic oxidation sites excluding steroid dienone is 1. The van der Waals surface area contributed by atoms with E-state index in [-0.39, 0.29) is 11.9 Å². The van der Waals surface area contributed by atoms with E-state index < -0.39 is 5.97 Å². The monoisotopic (exact) mass is 482 g/mol. The summed E-state index contributed by atoms with van der Waals surface area (Å²) in [6, 6.07) is 12.2. The molecule has 160 valence electrons. The first-order chi connectivity index (χ1) is 14.9. The van der Waals surface area contributed by atoms with E-state index >= 15 is 0 Å². The normalized spacial score (nSPS) is 13.5. The number of nitrogens with zero attached hydrogens (tertiary/aromatic N) is 2. The third-order valence-electron chi connectivity index (χ3n) is 4.58. The number of amides is 1. The molecule has 3 rings (SSSR count). The van der Waals surface area contributed by atoms with E-state index in [9.17, 15) is 9.59 Å². The quantitative estimate of drug-likeness (QED) is 0.426. The maximum absolute atomic E-state index is 12.6. The Kier molecular flexibility index (Phi) is 7.25. The van der Waals surface area contributed by atoms with Gasteiger partial charge in [-0.25, -0.2) is 9.37 Å². The molecule has 31 heavy (non-hydrogen) atoms. The second kappa shape index (κ2) is 10.1. The minimum absolute atomic E-state index is 0.0783. The maximum atomic E-state index is 12.6. The van der Waals surface area contributed by atoms with Gasteiger partial charge in [0.15, 0.2) is 18.1 Å². The van der Waals surface area contributed by atoms with E-state index in [0.717, 1.165) is 11.3 Å². The van der Waals surface area contributed by atoms with Crippen molar-refractivity contribution in [1.82, 2.24) is 5.32 Å². The molecule has 0 radical (unpaired) electrons. The van der Waals surface area contributed by atoms with Gasteiger partial charge in [-0.3, -0.25) is 4.79 Å². The van der Waals surface area contributed by atoms with Gasteiger partial charge in [-0.2, -0.15) is 6.20 Å². The molecule has 1 unspecified atom stereocenters. The molecule has 2 aromatic rings. The summed E-state index contributed by atoms with van der Waals surface area (Å²) in [7, 11) is 3.27. The fourth-order valence-electron chi connectivity index (χ4n) is 2.90. The molecule has 8 heteroatoms. The summed E-state index contributed by atoms with van der Waals surface area (Å²) >= 11 is 3.31. The van der Waals surface area contributed by atoms with E-state index in [1.807, 2.05) is 55.2 Å². The number of rotatable bonds is 8. The molecule has 1 atom stereocenters. The summed E-state index contributed by atoms with van der Waals surface area (Å²) in [4.78, 5) is 24.3. The first-order valence-electron chi connectivity index (χ1n) is 9.56. The standard InChI is InChI=1S/C23H23BrN4O3/c1-15(25-9-10-26-19-13-28(2)14-19)16-5-4-6-18(11-16)27-22(29)17-7-8-20(21(24)12-17)23(30)31-3/h4-15H,1-3H3,(H2-,25,26,27,29,30). The Morgan fingerprint density at radius 2 is 2.00 bits per heavy atom. The highest BCUT2D eigenvalue weighted by Crippen LogP contribution is 2.25. The fourth-order valence-corrected chi connectivity index (χ4v) is 3.45. The Morgan fingerprint density at radius 1 is 1.23 bits per heavy atom. The molecule has 0 bridgehead atoms. The van der Waals surface area contributed by atoms with Crippen molar-refractivity contribution < 1.29 is 18.9 Å². The number of halogens is 1. The van der Waals surface area contributed by atoms with Crippen LogP contribution >= 0.6 is 15.9 Å². The molecule has 1 aliphatic rings. The van der Waals surface area contributed by atoms with Gasteiger partial charge in [-0.05, 0) is 52.5 Å². The molecular formula is C23H23BrN4O3. The third-order valence-corrected chi connectivity index (χ3v) is 5.24. The SMILES string of the molecule is COC(=O)c1ccc(C(=O)Nc2cccc(C(C)[N-]C=CNC3=C[N+](C)=C3)c2)cc1Br. The number of esters is 1. The minimum atomic E-state index is -0.469. The van der Waals surface area contributed by atoms with Crippen molar-refractivity contribution in [3.8, 4) is 0 Å². The van der Waals surface area contributed by atoms with Gasteiger partial charge in [0.05, 0.1) is 12.7 Å². The lowest BCUT2D eigenvalue weighted by molar-refractivity contribution is -0.429. The highest BCUT2D eigenvalue weighted by atomic mass is 79.9. The largest absolute Gasteiger partial charge is 0.683 e. The topological polar surface area (TPSA) is 84.5 Å². The zero-order valence-electron chi connectivity index (χ0n) is 17.4. The molecule has 0 fully saturated rings. The molecule has 1 aliphatic heterocycles. The molecule has 0 saturated carbocycles. The van der Waals surface area contributed by atoms with Crippen molar-refractivity contribution in [2.75, 3.05) is 19.5 Å². The van der Waals surface area contributed by atoms with Crippen LogP contribution < -0.4 is 10.6 Å². The van der Waals surface area contributed by atoms with Crippen LogP contribution in [0.5, 0.6) is 0 Å². The lowest BCUT2D eigenvalue weighted by Gasteiger charge is -2.26. The van der Waals surface area contributed by atoms with E-state index in [0.29, 0.717) is 21.3 Å². The summed E-state index contributed by atoms with van der Waals surface area (Å²) in [6.45, 7) is 1.98. The number of anilines is 1. The Morgan fingerprint density at radius 3 is 2.68 bits per heavy atom. The summed E-state index contributed by atoms with van der Waals surface area (Å²) in [5.41, 5.74) is 3.44. The van der Waals surface area contributed by atoms with Gasteiger partial charge in [0, 0.05) is 15.7 Å². The van der Waals surface area contributed by atoms with Crippen LogP contribution in [-0.2, 0) is 4.74 Å². The van der Waals surface area contributed by atoms with Gasteiger partial charge >= 0.3 is 5.97 Å². The number of methoxy groups -OCH3 is 1. The van der Waals surface area contributed by atoms with Gasteiger partial charge in [-0.15, -0.1) is 0 Å². The average Bonchev–Trinajstić information content (AvgIpc) is 2.74. The van der Waals surface area contributed by atoms with Crippen LogP contribution in [0.1, 0.15) is 39.2 Å². The molecule has 7 nitrogen and oxygen atoms in total. The van der Waals surface area contributed by atoms with Crippen molar-refractivity contribution in [1.29, 1.82) is 0 Å². The van der Waals surface area contributed by atoms with Crippen molar-refractivity contribution in [3.05, 3.63) is 93.2 Å². The molecule has 1 amide bonds. The first-order valence-corrected chi connectivity index (χ1v) is 10.4. The molecule has 0 aromatic heterocycles. The van der Waals surface area contributed by atoms with Crippen molar-refractivity contribution in [2.24, 2.45) is 0 Å². The number of benzene rings is 2. The number of nitrogens with one attached hydrogen (secondary N) is 2. The Balaban J connectivity index is 1.60. The van der Waals surface area contributed by atoms with E-state index in [1.165, 1.54) is 7.11 Å². The van der Waals surface area contributed by atoms with E-state index in [2.05, 4.69) is 31.9 Å². The maximum Gasteiger partial charge on any atom is 0.339 e. The predicted octanol–water partition coefficient (Wildman–Crippen LogP) is 4.55. The number of hydrogen-bond donors (Lipinski definition) is 2. The van der Waals surface area contributed by atoms with Crippen LogP contribution in [0, 0.1) is 0 Å². The van der Waals surface area contributed by atoms with E-state index in [1.54, 1.807) is 30.6 Å². The second-order valence-corrected chi connectivity index (χ2v) is 7.78. The van der Waals surface area contributed by atoms with Crippen LogP contribution in [-0.4, -0.2) is 36.8 Å².